The molecule has 0 aliphatic rings. The molecule has 0 bridgehead atoms. The molecule has 0 saturated heterocycles. The van der Waals surface area contributed by atoms with Crippen molar-refractivity contribution in [1.29, 1.82) is 0 Å². The van der Waals surface area contributed by atoms with E-state index in [0.717, 1.165) is 10.0 Å². The van der Waals surface area contributed by atoms with Gasteiger partial charge in [-0.25, -0.2) is 0 Å². The zero-order chi connectivity index (χ0) is 14.6. The summed E-state index contributed by atoms with van der Waals surface area (Å²) in [5.74, 6) is -0.990. The van der Waals surface area contributed by atoms with Crippen LogP contribution in [0.15, 0.2) is 28.7 Å². The number of benzene rings is 1. The highest BCUT2D eigenvalue weighted by molar-refractivity contribution is 9.10. The van der Waals surface area contributed by atoms with Crippen molar-refractivity contribution >= 4 is 27.7 Å². The molecule has 19 heavy (non-hydrogen) atoms. The van der Waals surface area contributed by atoms with E-state index in [9.17, 15) is 9.59 Å². The molecule has 5 N–H and O–H groups in total. The lowest BCUT2D eigenvalue weighted by molar-refractivity contribution is -0.127. The summed E-state index contributed by atoms with van der Waals surface area (Å²) in [4.78, 5) is 22.6. The van der Waals surface area contributed by atoms with Crippen LogP contribution < -0.4 is 16.8 Å². The van der Waals surface area contributed by atoms with Gasteiger partial charge in [0.05, 0.1) is 18.0 Å². The zero-order valence-corrected chi connectivity index (χ0v) is 12.5. The van der Waals surface area contributed by atoms with E-state index in [4.69, 9.17) is 11.5 Å². The summed E-state index contributed by atoms with van der Waals surface area (Å²) < 4.78 is 0.962. The van der Waals surface area contributed by atoms with Crippen molar-refractivity contribution in [3.63, 3.8) is 0 Å². The predicted molar refractivity (Wildman–Crippen MR) is 77.1 cm³/mol. The molecule has 1 atom stereocenters. The van der Waals surface area contributed by atoms with E-state index in [2.05, 4.69) is 21.2 Å². The second-order valence-electron chi connectivity index (χ2n) is 4.90. The fourth-order valence-electron chi connectivity index (χ4n) is 1.65. The third-order valence-electron chi connectivity index (χ3n) is 2.76. The first-order valence-corrected chi connectivity index (χ1v) is 6.63. The summed E-state index contributed by atoms with van der Waals surface area (Å²) in [5, 5.41) is 2.81. The maximum absolute atomic E-state index is 11.9. The largest absolute Gasteiger partial charge is 0.370 e. The van der Waals surface area contributed by atoms with E-state index in [1.807, 2.05) is 38.1 Å². The topological polar surface area (TPSA) is 98.2 Å². The van der Waals surface area contributed by atoms with Gasteiger partial charge in [-0.15, -0.1) is 0 Å². The lowest BCUT2D eigenvalue weighted by Gasteiger charge is -2.28. The average Bonchev–Trinajstić information content (AvgIpc) is 2.27. The standard InChI is InChI=1S/C13H18BrN3O2/c1-13(2,8-3-5-9(14)6-4-8)17-12(19)10(15)7-11(16)18/h3-6,10H,7,15H2,1-2H3,(H2,16,18)(H,17,19). The van der Waals surface area contributed by atoms with Gasteiger partial charge in [0, 0.05) is 4.47 Å². The van der Waals surface area contributed by atoms with Crippen molar-refractivity contribution in [1.82, 2.24) is 5.32 Å². The zero-order valence-electron chi connectivity index (χ0n) is 10.9. The van der Waals surface area contributed by atoms with Gasteiger partial charge in [-0.1, -0.05) is 28.1 Å². The van der Waals surface area contributed by atoms with E-state index in [1.165, 1.54) is 0 Å². The number of carbonyl (C=O) groups is 2. The van der Waals surface area contributed by atoms with Crippen molar-refractivity contribution in [2.75, 3.05) is 0 Å². The Hall–Kier alpha value is -1.40. The third-order valence-corrected chi connectivity index (χ3v) is 3.29. The number of hydrogen-bond acceptors (Lipinski definition) is 3. The first-order chi connectivity index (χ1) is 8.72. The predicted octanol–water partition coefficient (Wildman–Crippen LogP) is 1.00. The van der Waals surface area contributed by atoms with Crippen molar-refractivity contribution in [2.24, 2.45) is 11.5 Å². The number of hydrogen-bond donors (Lipinski definition) is 3. The summed E-state index contributed by atoms with van der Waals surface area (Å²) in [6.45, 7) is 3.73. The van der Waals surface area contributed by atoms with Gasteiger partial charge >= 0.3 is 0 Å². The smallest absolute Gasteiger partial charge is 0.238 e. The summed E-state index contributed by atoms with van der Waals surface area (Å²) >= 11 is 3.35. The molecule has 5 nitrogen and oxygen atoms in total. The van der Waals surface area contributed by atoms with Crippen LogP contribution in [0.5, 0.6) is 0 Å². The highest BCUT2D eigenvalue weighted by Gasteiger charge is 2.26. The molecule has 0 fully saturated rings. The highest BCUT2D eigenvalue weighted by atomic mass is 79.9. The van der Waals surface area contributed by atoms with Gasteiger partial charge in [0.15, 0.2) is 0 Å². The van der Waals surface area contributed by atoms with Gasteiger partial charge < -0.3 is 16.8 Å². The number of nitrogens with two attached hydrogens (primary N) is 2. The summed E-state index contributed by atoms with van der Waals surface area (Å²) in [5.41, 5.74) is 11.0. The Bertz CT molecular complexity index is 471. The molecule has 0 aliphatic heterocycles. The van der Waals surface area contributed by atoms with Gasteiger partial charge in [0.1, 0.15) is 0 Å². The number of carbonyl (C=O) groups excluding carboxylic acids is 2. The van der Waals surface area contributed by atoms with Crippen molar-refractivity contribution in [2.45, 2.75) is 31.8 Å². The van der Waals surface area contributed by atoms with Crippen LogP contribution in [0, 0.1) is 0 Å². The molecular formula is C13H18BrN3O2. The first kappa shape index (κ1) is 15.7. The Morgan fingerprint density at radius 3 is 2.32 bits per heavy atom. The molecule has 0 spiro atoms. The minimum Gasteiger partial charge on any atom is -0.370 e. The second kappa shape index (κ2) is 6.16. The van der Waals surface area contributed by atoms with Gasteiger partial charge in [0.2, 0.25) is 11.8 Å². The fraction of sp³-hybridized carbons (Fsp3) is 0.385. The molecular weight excluding hydrogens is 310 g/mol. The van der Waals surface area contributed by atoms with E-state index >= 15 is 0 Å². The second-order valence-corrected chi connectivity index (χ2v) is 5.81. The van der Waals surface area contributed by atoms with Gasteiger partial charge in [0.25, 0.3) is 0 Å². The highest BCUT2D eigenvalue weighted by Crippen LogP contribution is 2.22. The lowest BCUT2D eigenvalue weighted by Crippen LogP contribution is -2.50. The van der Waals surface area contributed by atoms with Crippen molar-refractivity contribution < 1.29 is 9.59 Å². The van der Waals surface area contributed by atoms with E-state index in [-0.39, 0.29) is 6.42 Å². The van der Waals surface area contributed by atoms with Crippen LogP contribution >= 0.6 is 15.9 Å². The van der Waals surface area contributed by atoms with E-state index in [0.29, 0.717) is 0 Å². The summed E-state index contributed by atoms with van der Waals surface area (Å²) in [6, 6.07) is 6.68. The normalized spacial score (nSPS) is 12.8. The maximum Gasteiger partial charge on any atom is 0.238 e. The molecule has 1 aromatic rings. The number of primary amides is 1. The van der Waals surface area contributed by atoms with E-state index in [1.54, 1.807) is 0 Å². The molecule has 2 amide bonds. The Morgan fingerprint density at radius 2 is 1.84 bits per heavy atom. The van der Waals surface area contributed by atoms with Gasteiger partial charge in [-0.2, -0.15) is 0 Å². The molecule has 1 aromatic carbocycles. The number of nitrogens with one attached hydrogen (secondary N) is 1. The number of halogens is 1. The Morgan fingerprint density at radius 1 is 1.32 bits per heavy atom. The average molecular weight is 328 g/mol. The molecule has 0 heterocycles. The first-order valence-electron chi connectivity index (χ1n) is 5.84. The Kier molecular flexibility index (Phi) is 5.08. The van der Waals surface area contributed by atoms with Crippen LogP contribution in [-0.2, 0) is 15.1 Å². The van der Waals surface area contributed by atoms with Gasteiger partial charge in [-0.3, -0.25) is 9.59 Å². The van der Waals surface area contributed by atoms with Gasteiger partial charge in [-0.05, 0) is 31.5 Å². The van der Waals surface area contributed by atoms with Crippen LogP contribution in [0.3, 0.4) is 0 Å². The Labute approximate surface area is 120 Å². The summed E-state index contributed by atoms with van der Waals surface area (Å²) in [7, 11) is 0. The molecule has 1 rings (SSSR count). The number of rotatable bonds is 5. The van der Waals surface area contributed by atoms with Crippen LogP contribution in [0.1, 0.15) is 25.8 Å². The quantitative estimate of drug-likeness (QED) is 0.752. The fourth-order valence-corrected chi connectivity index (χ4v) is 1.91. The molecule has 0 aliphatic carbocycles. The van der Waals surface area contributed by atoms with Crippen molar-refractivity contribution in [3.05, 3.63) is 34.3 Å². The Balaban J connectivity index is 2.76. The summed E-state index contributed by atoms with van der Waals surface area (Å²) in [6.07, 6.45) is -0.164. The minimum atomic E-state index is -0.924. The van der Waals surface area contributed by atoms with Crippen LogP contribution in [0.2, 0.25) is 0 Å². The molecule has 0 radical (unpaired) electrons. The maximum atomic E-state index is 11.9. The third kappa shape index (κ3) is 4.65. The van der Waals surface area contributed by atoms with Crippen LogP contribution in [-0.4, -0.2) is 17.9 Å². The number of amides is 2. The molecule has 1 unspecified atom stereocenters. The van der Waals surface area contributed by atoms with Crippen molar-refractivity contribution in [3.8, 4) is 0 Å². The van der Waals surface area contributed by atoms with Crippen LogP contribution in [0.25, 0.3) is 0 Å². The molecule has 104 valence electrons. The minimum absolute atomic E-state index is 0.164. The SMILES string of the molecule is CC(C)(NC(=O)C(N)CC(N)=O)c1ccc(Br)cc1. The lowest BCUT2D eigenvalue weighted by atomic mass is 9.94. The monoisotopic (exact) mass is 327 g/mol. The molecule has 0 saturated carbocycles. The molecule has 6 heteroatoms. The van der Waals surface area contributed by atoms with E-state index < -0.39 is 23.4 Å². The van der Waals surface area contributed by atoms with Crippen LogP contribution in [0.4, 0.5) is 0 Å². The molecule has 0 aromatic heterocycles.